The molecule has 0 spiro atoms. The largest absolute Gasteiger partial charge is 0.494 e. The van der Waals surface area contributed by atoms with E-state index in [1.54, 1.807) is 19.3 Å². The van der Waals surface area contributed by atoms with E-state index in [0.717, 1.165) is 25.1 Å². The van der Waals surface area contributed by atoms with Gasteiger partial charge in [0.15, 0.2) is 17.1 Å². The molecule has 1 fully saturated rings. The van der Waals surface area contributed by atoms with Crippen molar-refractivity contribution in [2.45, 2.75) is 43.8 Å². The van der Waals surface area contributed by atoms with Gasteiger partial charge >= 0.3 is 6.18 Å². The number of hydrogen-bond acceptors (Lipinski definition) is 8. The van der Waals surface area contributed by atoms with Crippen molar-refractivity contribution in [3.63, 3.8) is 0 Å². The topological polar surface area (TPSA) is 135 Å². The average Bonchev–Trinajstić information content (AvgIpc) is 3.22. The van der Waals surface area contributed by atoms with Crippen LogP contribution in [0.15, 0.2) is 35.5 Å². The Bertz CT molecular complexity index is 1520. The number of hydrogen-bond donors (Lipinski definition) is 1. The monoisotopic (exact) mass is 496 g/mol. The van der Waals surface area contributed by atoms with Crippen molar-refractivity contribution in [3.05, 3.63) is 69.7 Å². The Balaban J connectivity index is 1.54. The summed E-state index contributed by atoms with van der Waals surface area (Å²) in [5, 5.41) is 13.8. The Hall–Kier alpha value is -4.34. The first-order valence-corrected chi connectivity index (χ1v) is 11.0. The lowest BCUT2D eigenvalue weighted by Crippen LogP contribution is -2.28. The number of aromatic nitrogens is 7. The fourth-order valence-corrected chi connectivity index (χ4v) is 4.31. The third kappa shape index (κ3) is 3.94. The fraction of sp³-hybridized carbons (Fsp3) is 0.348. The highest BCUT2D eigenvalue weighted by Crippen LogP contribution is 2.46. The molecular weight excluding hydrogens is 477 g/mol. The third-order valence-corrected chi connectivity index (χ3v) is 6.45. The molecule has 184 valence electrons. The van der Waals surface area contributed by atoms with E-state index >= 15 is 0 Å². The van der Waals surface area contributed by atoms with E-state index in [2.05, 4.69) is 30.0 Å². The molecule has 1 aliphatic carbocycles. The smallest absolute Gasteiger partial charge is 0.433 e. The minimum Gasteiger partial charge on any atom is -0.494 e. The van der Waals surface area contributed by atoms with Crippen LogP contribution < -0.4 is 10.3 Å². The van der Waals surface area contributed by atoms with Gasteiger partial charge in [0.1, 0.15) is 28.8 Å². The maximum atomic E-state index is 13.0. The molecule has 0 amide bonds. The van der Waals surface area contributed by atoms with Gasteiger partial charge in [-0.25, -0.2) is 19.6 Å². The first-order chi connectivity index (χ1) is 17.2. The van der Waals surface area contributed by atoms with Gasteiger partial charge in [0.2, 0.25) is 0 Å². The maximum absolute atomic E-state index is 13.0. The van der Waals surface area contributed by atoms with Crippen molar-refractivity contribution in [1.29, 1.82) is 5.26 Å². The van der Waals surface area contributed by atoms with E-state index in [1.165, 1.54) is 17.9 Å². The summed E-state index contributed by atoms with van der Waals surface area (Å²) in [6.45, 7) is 1.68. The number of nitrogens with one attached hydrogen (secondary N) is 1. The van der Waals surface area contributed by atoms with Crippen LogP contribution in [0.4, 0.5) is 13.2 Å². The van der Waals surface area contributed by atoms with Gasteiger partial charge in [-0.15, -0.1) is 0 Å². The molecule has 10 nitrogen and oxygen atoms in total. The number of aromatic amines is 1. The number of nitriles is 1. The van der Waals surface area contributed by atoms with Crippen molar-refractivity contribution in [2.24, 2.45) is 0 Å². The molecule has 4 aromatic rings. The molecular formula is C23H19F3N8O2. The zero-order chi connectivity index (χ0) is 25.6. The Morgan fingerprint density at radius 1 is 1.17 bits per heavy atom. The summed E-state index contributed by atoms with van der Waals surface area (Å²) in [4.78, 5) is 32.6. The average molecular weight is 496 g/mol. The van der Waals surface area contributed by atoms with E-state index in [-0.39, 0.29) is 28.6 Å². The van der Waals surface area contributed by atoms with Crippen LogP contribution >= 0.6 is 0 Å². The van der Waals surface area contributed by atoms with E-state index in [0.29, 0.717) is 23.0 Å². The summed E-state index contributed by atoms with van der Waals surface area (Å²) < 4.78 is 45.2. The molecule has 3 atom stereocenters. The highest BCUT2D eigenvalue weighted by molar-refractivity contribution is 5.80. The highest BCUT2D eigenvalue weighted by atomic mass is 19.4. The molecule has 0 saturated heterocycles. The minimum atomic E-state index is -4.56. The molecule has 0 aromatic carbocycles. The quantitative estimate of drug-likeness (QED) is 0.444. The predicted octanol–water partition coefficient (Wildman–Crippen LogP) is 3.47. The molecule has 0 radical (unpaired) electrons. The number of ether oxygens (including phenoxy) is 1. The second-order valence-corrected chi connectivity index (χ2v) is 8.48. The lowest BCUT2D eigenvalue weighted by molar-refractivity contribution is -0.141. The van der Waals surface area contributed by atoms with Gasteiger partial charge in [0, 0.05) is 18.0 Å². The highest BCUT2D eigenvalue weighted by Gasteiger charge is 2.38. The van der Waals surface area contributed by atoms with Crippen LogP contribution in [0.5, 0.6) is 5.75 Å². The number of methoxy groups -OCH3 is 1. The maximum Gasteiger partial charge on any atom is 0.433 e. The van der Waals surface area contributed by atoms with Crippen molar-refractivity contribution in [1.82, 2.24) is 34.7 Å². The Morgan fingerprint density at radius 3 is 2.44 bits per heavy atom. The fourth-order valence-electron chi connectivity index (χ4n) is 4.31. The summed E-state index contributed by atoms with van der Waals surface area (Å²) in [6.07, 6.45) is 1.23. The van der Waals surface area contributed by atoms with Crippen molar-refractivity contribution in [2.75, 3.05) is 7.11 Å². The van der Waals surface area contributed by atoms with Gasteiger partial charge < -0.3 is 9.72 Å². The summed E-state index contributed by atoms with van der Waals surface area (Å²) in [7, 11) is 1.52. The van der Waals surface area contributed by atoms with Crippen molar-refractivity contribution >= 4 is 11.0 Å². The van der Waals surface area contributed by atoms with Crippen LogP contribution in [0.2, 0.25) is 0 Å². The molecule has 1 saturated carbocycles. The number of H-pyrrole nitrogens is 1. The van der Waals surface area contributed by atoms with Crippen LogP contribution in [0, 0.1) is 11.3 Å². The van der Waals surface area contributed by atoms with Gasteiger partial charge in [-0.1, -0.05) is 6.07 Å². The number of halogens is 3. The van der Waals surface area contributed by atoms with Gasteiger partial charge in [-0.2, -0.15) is 23.5 Å². The molecule has 1 unspecified atom stereocenters. The molecule has 0 aliphatic heterocycles. The second kappa shape index (κ2) is 8.71. The van der Waals surface area contributed by atoms with Gasteiger partial charge in [0.05, 0.1) is 25.5 Å². The van der Waals surface area contributed by atoms with Crippen LogP contribution in [0.3, 0.4) is 0 Å². The summed E-state index contributed by atoms with van der Waals surface area (Å²) in [5.74, 6) is 1.31. The van der Waals surface area contributed by atoms with E-state index in [9.17, 15) is 23.2 Å². The SMILES string of the molecule is COc1cnc([C@H]2CC[C@@H]2c2nc3c(c(C#N)nn3C(C)c3ccc(C(F)(F)F)nc3)c(=O)[nH]2)nc1. The van der Waals surface area contributed by atoms with Crippen LogP contribution in [-0.4, -0.2) is 41.8 Å². The molecule has 13 heteroatoms. The van der Waals surface area contributed by atoms with E-state index in [1.807, 2.05) is 6.07 Å². The Labute approximate surface area is 201 Å². The van der Waals surface area contributed by atoms with Crippen LogP contribution in [-0.2, 0) is 6.18 Å². The lowest BCUT2D eigenvalue weighted by Gasteiger charge is -2.34. The third-order valence-electron chi connectivity index (χ3n) is 6.45. The molecule has 4 heterocycles. The number of rotatable bonds is 5. The zero-order valence-corrected chi connectivity index (χ0v) is 19.1. The first kappa shape index (κ1) is 23.4. The number of fused-ring (bicyclic) bond motifs is 1. The molecule has 0 bridgehead atoms. The Morgan fingerprint density at radius 2 is 1.89 bits per heavy atom. The minimum absolute atomic E-state index is 0.0181. The number of nitrogens with zero attached hydrogens (tertiary/aromatic N) is 7. The van der Waals surface area contributed by atoms with E-state index in [4.69, 9.17) is 4.74 Å². The van der Waals surface area contributed by atoms with Gasteiger partial charge in [0.25, 0.3) is 5.56 Å². The first-order valence-electron chi connectivity index (χ1n) is 11.0. The molecule has 4 aromatic heterocycles. The van der Waals surface area contributed by atoms with Gasteiger partial charge in [-0.05, 0) is 31.4 Å². The molecule has 1 aliphatic rings. The summed E-state index contributed by atoms with van der Waals surface area (Å²) >= 11 is 0. The summed E-state index contributed by atoms with van der Waals surface area (Å²) in [5.41, 5.74) is -1.08. The van der Waals surface area contributed by atoms with E-state index < -0.39 is 23.5 Å². The summed E-state index contributed by atoms with van der Waals surface area (Å²) in [6, 6.07) is 3.42. The predicted molar refractivity (Wildman–Crippen MR) is 119 cm³/mol. The standard InChI is InChI=1S/C23H19F3N8O2/c1-11(12-3-6-17(28-8-12)23(24,25)26)34-21-18(16(7-27)33-34)22(35)32-20(31-21)15-5-4-14(15)19-29-9-13(36-2)10-30-19/h3,6,8-11,14-15H,4-5H2,1-2H3,(H,31,32,35)/t11?,14-,15-/m0/s1. The number of pyridine rings is 1. The molecule has 5 rings (SSSR count). The molecule has 1 N–H and O–H groups in total. The Kier molecular flexibility index (Phi) is 5.66. The van der Waals surface area contributed by atoms with Crippen molar-refractivity contribution < 1.29 is 17.9 Å². The second-order valence-electron chi connectivity index (χ2n) is 8.48. The lowest BCUT2D eigenvalue weighted by atomic mass is 9.72. The number of alkyl halides is 3. The van der Waals surface area contributed by atoms with Crippen LogP contribution in [0.25, 0.3) is 11.0 Å². The van der Waals surface area contributed by atoms with Gasteiger partial charge in [-0.3, -0.25) is 9.78 Å². The zero-order valence-electron chi connectivity index (χ0n) is 19.1. The van der Waals surface area contributed by atoms with Crippen molar-refractivity contribution in [3.8, 4) is 11.8 Å². The van der Waals surface area contributed by atoms with Crippen LogP contribution in [0.1, 0.15) is 66.2 Å². The molecule has 36 heavy (non-hydrogen) atoms. The normalized spacial score (nSPS) is 18.4.